The van der Waals surface area contributed by atoms with Gasteiger partial charge in [-0.05, 0) is 36.6 Å². The highest BCUT2D eigenvalue weighted by molar-refractivity contribution is 7.14. The van der Waals surface area contributed by atoms with Crippen LogP contribution in [0.2, 0.25) is 5.02 Å². The fourth-order valence-electron chi connectivity index (χ4n) is 3.50. The van der Waals surface area contributed by atoms with Crippen molar-refractivity contribution in [2.75, 3.05) is 4.90 Å². The first-order valence-corrected chi connectivity index (χ1v) is 11.7. The fourth-order valence-corrected chi connectivity index (χ4v) is 4.76. The van der Waals surface area contributed by atoms with Crippen LogP contribution < -0.4 is 4.90 Å². The standard InChI is InChI=1S/C24H22ClN5O3S/c1-15-9-16(2)22(20(25)10-15)30(17(3)31)24-26-19(14-34-24)13-33-23(32)21-12-29(28-27-21)11-18-7-5-4-6-8-18/h4-10,12,14H,11,13H2,1-3H3. The number of thiazole rings is 1. The Morgan fingerprint density at radius 2 is 1.94 bits per heavy atom. The number of rotatable bonds is 7. The van der Waals surface area contributed by atoms with Crippen LogP contribution in [0.1, 0.15) is 39.8 Å². The average Bonchev–Trinajstić information content (AvgIpc) is 3.44. The van der Waals surface area contributed by atoms with Crippen LogP contribution in [-0.4, -0.2) is 31.9 Å². The Kier molecular flexibility index (Phi) is 7.04. The second-order valence-corrected chi connectivity index (χ2v) is 8.99. The average molecular weight is 496 g/mol. The molecule has 0 bridgehead atoms. The first kappa shape index (κ1) is 23.6. The number of aromatic nitrogens is 4. The zero-order valence-corrected chi connectivity index (χ0v) is 20.4. The van der Waals surface area contributed by atoms with E-state index in [0.717, 1.165) is 16.7 Å². The molecule has 0 saturated heterocycles. The number of benzene rings is 2. The minimum absolute atomic E-state index is 0.0623. The number of hydrogen-bond acceptors (Lipinski definition) is 7. The molecule has 0 atom stereocenters. The number of esters is 1. The lowest BCUT2D eigenvalue weighted by molar-refractivity contribution is -0.115. The molecule has 10 heteroatoms. The summed E-state index contributed by atoms with van der Waals surface area (Å²) < 4.78 is 6.93. The van der Waals surface area contributed by atoms with Gasteiger partial charge in [-0.25, -0.2) is 14.5 Å². The Labute approximate surface area is 205 Å². The van der Waals surface area contributed by atoms with Crippen molar-refractivity contribution in [1.82, 2.24) is 20.0 Å². The predicted molar refractivity (Wildman–Crippen MR) is 131 cm³/mol. The van der Waals surface area contributed by atoms with Crippen LogP contribution in [-0.2, 0) is 22.7 Å². The summed E-state index contributed by atoms with van der Waals surface area (Å²) in [4.78, 5) is 30.9. The quantitative estimate of drug-likeness (QED) is 0.331. The van der Waals surface area contributed by atoms with Crippen molar-refractivity contribution < 1.29 is 14.3 Å². The van der Waals surface area contributed by atoms with Crippen LogP contribution in [0.5, 0.6) is 0 Å². The zero-order valence-electron chi connectivity index (χ0n) is 18.9. The van der Waals surface area contributed by atoms with Crippen LogP contribution in [0.25, 0.3) is 0 Å². The normalized spacial score (nSPS) is 10.8. The van der Waals surface area contributed by atoms with E-state index in [1.807, 2.05) is 50.2 Å². The summed E-state index contributed by atoms with van der Waals surface area (Å²) in [5.74, 6) is -0.823. The first-order valence-electron chi connectivity index (χ1n) is 10.4. The van der Waals surface area contributed by atoms with E-state index < -0.39 is 5.97 Å². The zero-order chi connectivity index (χ0) is 24.2. The van der Waals surface area contributed by atoms with Crippen LogP contribution in [0.3, 0.4) is 0 Å². The van der Waals surface area contributed by atoms with Gasteiger partial charge in [-0.15, -0.1) is 16.4 Å². The number of hydrogen-bond donors (Lipinski definition) is 0. The summed E-state index contributed by atoms with van der Waals surface area (Å²) in [5.41, 5.74) is 4.12. The Morgan fingerprint density at radius 3 is 2.65 bits per heavy atom. The maximum absolute atomic E-state index is 12.5. The number of halogens is 1. The largest absolute Gasteiger partial charge is 0.454 e. The first-order chi connectivity index (χ1) is 16.3. The number of ether oxygens (including phenoxy) is 1. The summed E-state index contributed by atoms with van der Waals surface area (Å²) >= 11 is 7.72. The van der Waals surface area contributed by atoms with Crippen LogP contribution in [0.4, 0.5) is 10.8 Å². The van der Waals surface area contributed by atoms with E-state index in [-0.39, 0.29) is 18.2 Å². The number of anilines is 2. The van der Waals surface area contributed by atoms with Crippen molar-refractivity contribution in [3.8, 4) is 0 Å². The minimum atomic E-state index is -0.602. The lowest BCUT2D eigenvalue weighted by Gasteiger charge is -2.22. The van der Waals surface area contributed by atoms with E-state index in [1.165, 1.54) is 23.2 Å². The number of amides is 1. The maximum Gasteiger partial charge on any atom is 0.360 e. The molecule has 4 rings (SSSR count). The molecule has 0 N–H and O–H groups in total. The van der Waals surface area contributed by atoms with Gasteiger partial charge >= 0.3 is 5.97 Å². The fraction of sp³-hybridized carbons (Fsp3) is 0.208. The van der Waals surface area contributed by atoms with Gasteiger partial charge in [0, 0.05) is 12.3 Å². The van der Waals surface area contributed by atoms with Gasteiger partial charge in [0.2, 0.25) is 5.91 Å². The highest BCUT2D eigenvalue weighted by Gasteiger charge is 2.23. The lowest BCUT2D eigenvalue weighted by Crippen LogP contribution is -2.24. The third-order valence-corrected chi connectivity index (χ3v) is 6.12. The minimum Gasteiger partial charge on any atom is -0.454 e. The molecule has 0 fully saturated rings. The van der Waals surface area contributed by atoms with Crippen molar-refractivity contribution in [2.45, 2.75) is 33.9 Å². The molecular weight excluding hydrogens is 474 g/mol. The molecule has 2 aromatic heterocycles. The maximum atomic E-state index is 12.5. The molecule has 2 heterocycles. The molecular formula is C24H22ClN5O3S. The molecule has 0 unspecified atom stereocenters. The van der Waals surface area contributed by atoms with Crippen molar-refractivity contribution >= 4 is 45.6 Å². The van der Waals surface area contributed by atoms with E-state index in [9.17, 15) is 9.59 Å². The Morgan fingerprint density at radius 1 is 1.18 bits per heavy atom. The Bertz CT molecular complexity index is 1310. The van der Waals surface area contributed by atoms with Gasteiger partial charge in [-0.1, -0.05) is 53.2 Å². The molecule has 174 valence electrons. The molecule has 0 spiro atoms. The highest BCUT2D eigenvalue weighted by atomic mass is 35.5. The van der Waals surface area contributed by atoms with Crippen molar-refractivity contribution in [3.63, 3.8) is 0 Å². The second kappa shape index (κ2) is 10.1. The van der Waals surface area contributed by atoms with Gasteiger partial charge in [0.1, 0.15) is 6.61 Å². The molecule has 0 radical (unpaired) electrons. The molecule has 34 heavy (non-hydrogen) atoms. The molecule has 0 aliphatic rings. The van der Waals surface area contributed by atoms with E-state index >= 15 is 0 Å². The molecule has 2 aromatic carbocycles. The van der Waals surface area contributed by atoms with Gasteiger partial charge < -0.3 is 4.74 Å². The molecule has 0 saturated carbocycles. The topological polar surface area (TPSA) is 90.2 Å². The van der Waals surface area contributed by atoms with Gasteiger partial charge in [0.25, 0.3) is 0 Å². The van der Waals surface area contributed by atoms with Crippen LogP contribution in [0, 0.1) is 13.8 Å². The summed E-state index contributed by atoms with van der Waals surface area (Å²) in [6.07, 6.45) is 1.54. The molecule has 4 aromatic rings. The second-order valence-electron chi connectivity index (χ2n) is 7.75. The summed E-state index contributed by atoms with van der Waals surface area (Å²) in [5, 5.41) is 10.5. The number of nitrogens with zero attached hydrogens (tertiary/aromatic N) is 5. The number of carbonyl (C=O) groups excluding carboxylic acids is 2. The molecule has 1 amide bonds. The van der Waals surface area contributed by atoms with E-state index in [0.29, 0.717) is 28.1 Å². The third kappa shape index (κ3) is 5.32. The third-order valence-electron chi connectivity index (χ3n) is 4.95. The highest BCUT2D eigenvalue weighted by Crippen LogP contribution is 2.37. The van der Waals surface area contributed by atoms with Gasteiger partial charge in [0.05, 0.1) is 29.1 Å². The molecule has 8 nitrogen and oxygen atoms in total. The van der Waals surface area contributed by atoms with Crippen molar-refractivity contribution in [3.05, 3.63) is 87.1 Å². The van der Waals surface area contributed by atoms with Crippen molar-refractivity contribution in [2.24, 2.45) is 0 Å². The number of aryl methyl sites for hydroxylation is 2. The van der Waals surface area contributed by atoms with E-state index in [4.69, 9.17) is 16.3 Å². The molecule has 0 aliphatic carbocycles. The van der Waals surface area contributed by atoms with Crippen LogP contribution in [0.15, 0.2) is 54.0 Å². The van der Waals surface area contributed by atoms with Crippen LogP contribution >= 0.6 is 22.9 Å². The van der Waals surface area contributed by atoms with E-state index in [2.05, 4.69) is 15.3 Å². The lowest BCUT2D eigenvalue weighted by atomic mass is 10.1. The Hall–Kier alpha value is -3.56. The summed E-state index contributed by atoms with van der Waals surface area (Å²) in [6.45, 7) is 5.73. The SMILES string of the molecule is CC(=O)N(c1nc(COC(=O)c2cn(Cc3ccccc3)nn2)cs1)c1c(C)cc(C)cc1Cl. The summed E-state index contributed by atoms with van der Waals surface area (Å²) in [7, 11) is 0. The van der Waals surface area contributed by atoms with Gasteiger partial charge in [-0.2, -0.15) is 0 Å². The van der Waals surface area contributed by atoms with Gasteiger partial charge in [-0.3, -0.25) is 9.69 Å². The monoisotopic (exact) mass is 495 g/mol. The molecule has 0 aliphatic heterocycles. The number of carbonyl (C=O) groups is 2. The van der Waals surface area contributed by atoms with Crippen molar-refractivity contribution in [1.29, 1.82) is 0 Å². The Balaban J connectivity index is 1.44. The summed E-state index contributed by atoms with van der Waals surface area (Å²) in [6, 6.07) is 13.5. The van der Waals surface area contributed by atoms with E-state index in [1.54, 1.807) is 22.3 Å². The smallest absolute Gasteiger partial charge is 0.360 e. The predicted octanol–water partition coefficient (Wildman–Crippen LogP) is 5.09. The van der Waals surface area contributed by atoms with Gasteiger partial charge in [0.15, 0.2) is 10.8 Å².